The third-order valence-corrected chi connectivity index (χ3v) is 4.62. The van der Waals surface area contributed by atoms with Crippen molar-refractivity contribution in [1.29, 1.82) is 0 Å². The van der Waals surface area contributed by atoms with Crippen LogP contribution in [0.4, 0.5) is 5.82 Å². The fourth-order valence-electron chi connectivity index (χ4n) is 3.21. The summed E-state index contributed by atoms with van der Waals surface area (Å²) in [7, 11) is 0. The van der Waals surface area contributed by atoms with Crippen LogP contribution in [0.1, 0.15) is 0 Å². The van der Waals surface area contributed by atoms with Crippen molar-refractivity contribution in [3.8, 4) is 6.01 Å². The number of hydrogen-bond donors (Lipinski definition) is 0. The number of hydrogen-bond acceptors (Lipinski definition) is 7. The standard InChI is InChI=1S/C18H24N4O3/c1-2-4-16-15(3-1)17(22-8-12-24-13-9-22)20-18(19-16)25-14-7-21-5-10-23-11-6-21/h1-4H,5-14H2. The second-order valence-corrected chi connectivity index (χ2v) is 6.25. The monoisotopic (exact) mass is 344 g/mol. The highest BCUT2D eigenvalue weighted by atomic mass is 16.5. The van der Waals surface area contributed by atoms with Gasteiger partial charge in [-0.15, -0.1) is 0 Å². The molecule has 0 N–H and O–H groups in total. The van der Waals surface area contributed by atoms with E-state index in [0.717, 1.165) is 75.9 Å². The smallest absolute Gasteiger partial charge is 0.318 e. The molecule has 1 aromatic heterocycles. The normalized spacial score (nSPS) is 19.3. The highest BCUT2D eigenvalue weighted by Gasteiger charge is 2.18. The Bertz CT molecular complexity index is 700. The van der Waals surface area contributed by atoms with E-state index in [2.05, 4.69) is 20.9 Å². The Labute approximate surface area is 147 Å². The predicted molar refractivity (Wildman–Crippen MR) is 95.3 cm³/mol. The minimum Gasteiger partial charge on any atom is -0.462 e. The van der Waals surface area contributed by atoms with Crippen LogP contribution in [-0.2, 0) is 9.47 Å². The number of morpholine rings is 2. The van der Waals surface area contributed by atoms with E-state index in [-0.39, 0.29) is 0 Å². The summed E-state index contributed by atoms with van der Waals surface area (Å²) in [5.74, 6) is 0.940. The molecule has 0 spiro atoms. The van der Waals surface area contributed by atoms with Crippen LogP contribution in [0.3, 0.4) is 0 Å². The zero-order valence-electron chi connectivity index (χ0n) is 14.4. The van der Waals surface area contributed by atoms with Gasteiger partial charge in [0.25, 0.3) is 0 Å². The van der Waals surface area contributed by atoms with Gasteiger partial charge in [0.15, 0.2) is 0 Å². The van der Waals surface area contributed by atoms with Gasteiger partial charge in [0.1, 0.15) is 12.4 Å². The molecule has 1 aromatic carbocycles. The number of para-hydroxylation sites is 1. The van der Waals surface area contributed by atoms with Crippen molar-refractivity contribution in [3.05, 3.63) is 24.3 Å². The molecule has 2 fully saturated rings. The van der Waals surface area contributed by atoms with Crippen molar-refractivity contribution in [3.63, 3.8) is 0 Å². The van der Waals surface area contributed by atoms with E-state index in [1.165, 1.54) is 0 Å². The average molecular weight is 344 g/mol. The van der Waals surface area contributed by atoms with Crippen molar-refractivity contribution >= 4 is 16.7 Å². The molecule has 0 atom stereocenters. The molecule has 3 heterocycles. The van der Waals surface area contributed by atoms with Crippen molar-refractivity contribution in [2.75, 3.05) is 70.7 Å². The van der Waals surface area contributed by atoms with Gasteiger partial charge < -0.3 is 19.1 Å². The lowest BCUT2D eigenvalue weighted by Crippen LogP contribution is -2.39. The number of fused-ring (bicyclic) bond motifs is 1. The van der Waals surface area contributed by atoms with Crippen LogP contribution in [-0.4, -0.2) is 80.6 Å². The zero-order chi connectivity index (χ0) is 16.9. The Balaban J connectivity index is 1.50. The van der Waals surface area contributed by atoms with Crippen LogP contribution in [0.2, 0.25) is 0 Å². The minimum atomic E-state index is 0.452. The maximum Gasteiger partial charge on any atom is 0.318 e. The molecule has 0 aliphatic carbocycles. The van der Waals surface area contributed by atoms with Gasteiger partial charge in [-0.2, -0.15) is 9.97 Å². The maximum atomic E-state index is 5.89. The van der Waals surface area contributed by atoms with E-state index >= 15 is 0 Å². The molecule has 134 valence electrons. The number of nitrogens with zero attached hydrogens (tertiary/aromatic N) is 4. The van der Waals surface area contributed by atoms with Crippen LogP contribution in [0.15, 0.2) is 24.3 Å². The van der Waals surface area contributed by atoms with Crippen molar-refractivity contribution < 1.29 is 14.2 Å². The fraction of sp³-hybridized carbons (Fsp3) is 0.556. The summed E-state index contributed by atoms with van der Waals surface area (Å²) in [5, 5.41) is 1.06. The molecule has 7 nitrogen and oxygen atoms in total. The second kappa shape index (κ2) is 7.95. The van der Waals surface area contributed by atoms with E-state index in [0.29, 0.717) is 12.6 Å². The first-order chi connectivity index (χ1) is 12.4. The summed E-state index contributed by atoms with van der Waals surface area (Å²) < 4.78 is 16.7. The van der Waals surface area contributed by atoms with E-state index in [1.54, 1.807) is 0 Å². The molecular weight excluding hydrogens is 320 g/mol. The van der Waals surface area contributed by atoms with Crippen LogP contribution < -0.4 is 9.64 Å². The Morgan fingerprint density at radius 2 is 1.64 bits per heavy atom. The summed E-state index contributed by atoms with van der Waals surface area (Å²) in [4.78, 5) is 13.9. The van der Waals surface area contributed by atoms with E-state index in [9.17, 15) is 0 Å². The highest BCUT2D eigenvalue weighted by Crippen LogP contribution is 2.26. The summed E-state index contributed by atoms with van der Waals surface area (Å²) in [6.07, 6.45) is 0. The van der Waals surface area contributed by atoms with E-state index in [1.807, 2.05) is 18.2 Å². The van der Waals surface area contributed by atoms with Gasteiger partial charge in [0.2, 0.25) is 0 Å². The highest BCUT2D eigenvalue weighted by molar-refractivity contribution is 5.89. The van der Waals surface area contributed by atoms with Crippen LogP contribution in [0.5, 0.6) is 6.01 Å². The largest absolute Gasteiger partial charge is 0.462 e. The molecule has 2 aliphatic rings. The molecule has 0 unspecified atom stereocenters. The number of benzene rings is 1. The third kappa shape index (κ3) is 4.00. The lowest BCUT2D eigenvalue weighted by Gasteiger charge is -2.29. The summed E-state index contributed by atoms with van der Waals surface area (Å²) in [6.45, 7) is 8.11. The molecule has 0 saturated carbocycles. The van der Waals surface area contributed by atoms with E-state index in [4.69, 9.17) is 19.2 Å². The van der Waals surface area contributed by atoms with Crippen LogP contribution >= 0.6 is 0 Å². The Kier molecular flexibility index (Phi) is 5.25. The topological polar surface area (TPSA) is 60.0 Å². The second-order valence-electron chi connectivity index (χ2n) is 6.25. The number of ether oxygens (including phenoxy) is 3. The molecule has 2 saturated heterocycles. The maximum absolute atomic E-state index is 5.89. The molecule has 7 heteroatoms. The lowest BCUT2D eigenvalue weighted by molar-refractivity contribution is 0.0317. The first kappa shape index (κ1) is 16.5. The van der Waals surface area contributed by atoms with Gasteiger partial charge in [-0.25, -0.2) is 0 Å². The first-order valence-corrected chi connectivity index (χ1v) is 8.92. The molecule has 0 amide bonds. The van der Waals surface area contributed by atoms with Gasteiger partial charge in [0, 0.05) is 38.1 Å². The third-order valence-electron chi connectivity index (χ3n) is 4.62. The van der Waals surface area contributed by atoms with E-state index < -0.39 is 0 Å². The molecule has 0 bridgehead atoms. The van der Waals surface area contributed by atoms with Crippen molar-refractivity contribution in [1.82, 2.24) is 14.9 Å². The van der Waals surface area contributed by atoms with Crippen LogP contribution in [0.25, 0.3) is 10.9 Å². The van der Waals surface area contributed by atoms with Crippen molar-refractivity contribution in [2.24, 2.45) is 0 Å². The summed E-state index contributed by atoms with van der Waals surface area (Å²) >= 11 is 0. The molecule has 25 heavy (non-hydrogen) atoms. The fourth-order valence-corrected chi connectivity index (χ4v) is 3.21. The van der Waals surface area contributed by atoms with Crippen LogP contribution in [0, 0.1) is 0 Å². The van der Waals surface area contributed by atoms with Gasteiger partial charge >= 0.3 is 6.01 Å². The minimum absolute atomic E-state index is 0.452. The molecular formula is C18H24N4O3. The quantitative estimate of drug-likeness (QED) is 0.807. The average Bonchev–Trinajstić information content (AvgIpc) is 2.69. The number of aromatic nitrogens is 2. The summed E-state index contributed by atoms with van der Waals surface area (Å²) in [5.41, 5.74) is 0.917. The zero-order valence-corrected chi connectivity index (χ0v) is 14.4. The van der Waals surface area contributed by atoms with Gasteiger partial charge in [-0.3, -0.25) is 4.90 Å². The van der Waals surface area contributed by atoms with Gasteiger partial charge in [-0.1, -0.05) is 12.1 Å². The Morgan fingerprint density at radius 1 is 0.920 bits per heavy atom. The van der Waals surface area contributed by atoms with Gasteiger partial charge in [0.05, 0.1) is 31.9 Å². The molecule has 2 aromatic rings. The molecule has 4 rings (SSSR count). The molecule has 2 aliphatic heterocycles. The Hall–Kier alpha value is -1.96. The van der Waals surface area contributed by atoms with Gasteiger partial charge in [-0.05, 0) is 12.1 Å². The Morgan fingerprint density at radius 3 is 2.44 bits per heavy atom. The number of anilines is 1. The molecule has 0 radical (unpaired) electrons. The number of rotatable bonds is 5. The van der Waals surface area contributed by atoms with Crippen molar-refractivity contribution in [2.45, 2.75) is 0 Å². The SMILES string of the molecule is c1ccc2c(N3CCOCC3)nc(OCCN3CCOCC3)nc2c1. The predicted octanol–water partition coefficient (Wildman–Crippen LogP) is 1.18. The summed E-state index contributed by atoms with van der Waals surface area (Å²) in [6, 6.07) is 8.55. The lowest BCUT2D eigenvalue weighted by atomic mass is 10.2. The first-order valence-electron chi connectivity index (χ1n) is 8.92.